The summed E-state index contributed by atoms with van der Waals surface area (Å²) in [6.07, 6.45) is 3.45. The van der Waals surface area contributed by atoms with Gasteiger partial charge in [0.1, 0.15) is 11.6 Å². The van der Waals surface area contributed by atoms with E-state index in [0.29, 0.717) is 19.7 Å². The lowest BCUT2D eigenvalue weighted by molar-refractivity contribution is -0.149. The number of hydrogen-bond donors (Lipinski definition) is 2. The molecule has 3 rings (SSSR count). The molecule has 2 N–H and O–H groups in total. The number of methoxy groups -OCH3 is 1. The number of nitrogens with zero attached hydrogens (tertiary/aromatic N) is 4. The summed E-state index contributed by atoms with van der Waals surface area (Å²) in [6, 6.07) is 8.14. The molecular weight excluding hydrogens is 408 g/mol. The van der Waals surface area contributed by atoms with E-state index in [-0.39, 0.29) is 17.9 Å². The first-order valence-electron chi connectivity index (χ1n) is 11.2. The van der Waals surface area contributed by atoms with Crippen molar-refractivity contribution >= 4 is 11.9 Å². The number of esters is 1. The van der Waals surface area contributed by atoms with Gasteiger partial charge in [-0.05, 0) is 57.2 Å². The zero-order valence-corrected chi connectivity index (χ0v) is 19.4. The van der Waals surface area contributed by atoms with Crippen LogP contribution in [0.2, 0.25) is 0 Å². The van der Waals surface area contributed by atoms with Gasteiger partial charge < -0.3 is 24.7 Å². The summed E-state index contributed by atoms with van der Waals surface area (Å²) >= 11 is 0. The van der Waals surface area contributed by atoms with Crippen molar-refractivity contribution in [1.82, 2.24) is 25.4 Å². The molecule has 1 fully saturated rings. The predicted molar refractivity (Wildman–Crippen MR) is 122 cm³/mol. The topological polar surface area (TPSA) is 103 Å². The maximum Gasteiger partial charge on any atom is 0.308 e. The Morgan fingerprint density at radius 1 is 1.19 bits per heavy atom. The highest BCUT2D eigenvalue weighted by Gasteiger charge is 2.27. The summed E-state index contributed by atoms with van der Waals surface area (Å²) in [5.74, 6) is 3.18. The quantitative estimate of drug-likeness (QED) is 0.368. The third-order valence-corrected chi connectivity index (χ3v) is 5.86. The minimum atomic E-state index is -0.0740. The molecule has 1 aromatic carbocycles. The van der Waals surface area contributed by atoms with Gasteiger partial charge in [0.2, 0.25) is 0 Å². The second-order valence-corrected chi connectivity index (χ2v) is 8.03. The summed E-state index contributed by atoms with van der Waals surface area (Å²) in [7, 11) is 3.61. The van der Waals surface area contributed by atoms with Crippen LogP contribution >= 0.6 is 0 Å². The average molecular weight is 443 g/mol. The summed E-state index contributed by atoms with van der Waals surface area (Å²) in [6.45, 7) is 5.26. The summed E-state index contributed by atoms with van der Waals surface area (Å²) in [5, 5.41) is 15.3. The van der Waals surface area contributed by atoms with Crippen LogP contribution in [-0.4, -0.2) is 46.5 Å². The minimum absolute atomic E-state index is 0.00210. The molecule has 1 saturated carbocycles. The van der Waals surface area contributed by atoms with Gasteiger partial charge in [-0.15, -0.1) is 10.2 Å². The number of hydrogen-bond acceptors (Lipinski definition) is 6. The molecule has 32 heavy (non-hydrogen) atoms. The molecule has 0 atom stereocenters. The van der Waals surface area contributed by atoms with E-state index in [2.05, 4.69) is 20.8 Å². The van der Waals surface area contributed by atoms with E-state index in [9.17, 15) is 4.79 Å². The molecule has 0 amide bonds. The Balaban J connectivity index is 1.63. The van der Waals surface area contributed by atoms with E-state index >= 15 is 0 Å². The van der Waals surface area contributed by atoms with E-state index in [0.717, 1.165) is 54.6 Å². The highest BCUT2D eigenvalue weighted by molar-refractivity contribution is 5.80. The van der Waals surface area contributed by atoms with Crippen LogP contribution in [0.5, 0.6) is 5.75 Å². The maximum atomic E-state index is 12.0. The van der Waals surface area contributed by atoms with Gasteiger partial charge in [0, 0.05) is 13.1 Å². The predicted octanol–water partition coefficient (Wildman–Crippen LogP) is 2.49. The van der Waals surface area contributed by atoms with Crippen molar-refractivity contribution in [3.8, 4) is 5.75 Å². The number of carbonyl (C=O) groups is 1. The first-order chi connectivity index (χ1) is 15.5. The van der Waals surface area contributed by atoms with Crippen LogP contribution in [0.1, 0.15) is 49.8 Å². The lowest BCUT2D eigenvalue weighted by atomic mass is 9.86. The first kappa shape index (κ1) is 23.6. The summed E-state index contributed by atoms with van der Waals surface area (Å²) in [4.78, 5) is 16.8. The van der Waals surface area contributed by atoms with E-state index in [1.807, 2.05) is 49.7 Å². The molecule has 0 saturated heterocycles. The monoisotopic (exact) mass is 442 g/mol. The number of rotatable bonds is 8. The zero-order chi connectivity index (χ0) is 22.9. The van der Waals surface area contributed by atoms with E-state index in [4.69, 9.17) is 14.5 Å². The average Bonchev–Trinajstić information content (AvgIpc) is 3.14. The molecule has 0 spiro atoms. The molecule has 9 nitrogen and oxygen atoms in total. The highest BCUT2D eigenvalue weighted by atomic mass is 16.5. The second kappa shape index (κ2) is 11.5. The molecule has 0 radical (unpaired) electrons. The van der Waals surface area contributed by atoms with Crippen LogP contribution in [-0.2, 0) is 29.7 Å². The number of aromatic nitrogens is 3. The highest BCUT2D eigenvalue weighted by Crippen LogP contribution is 2.25. The van der Waals surface area contributed by atoms with E-state index in [1.54, 1.807) is 7.11 Å². The Morgan fingerprint density at radius 2 is 1.91 bits per heavy atom. The molecule has 1 heterocycles. The van der Waals surface area contributed by atoms with Crippen molar-refractivity contribution in [2.75, 3.05) is 13.7 Å². The number of guanidine groups is 1. The molecule has 1 aliphatic carbocycles. The second-order valence-electron chi connectivity index (χ2n) is 8.03. The normalized spacial score (nSPS) is 18.8. The number of carbonyl (C=O) groups excluding carboxylic acids is 1. The third kappa shape index (κ3) is 6.45. The molecule has 2 aromatic rings. The number of ether oxygens (including phenoxy) is 2. The van der Waals surface area contributed by atoms with Crippen LogP contribution in [0.25, 0.3) is 0 Å². The maximum absolute atomic E-state index is 12.0. The molecule has 174 valence electrons. The molecule has 1 aliphatic rings. The molecule has 9 heteroatoms. The van der Waals surface area contributed by atoms with Gasteiger partial charge in [0.05, 0.1) is 32.7 Å². The molecular formula is C23H34N6O3. The van der Waals surface area contributed by atoms with Gasteiger partial charge in [-0.1, -0.05) is 12.1 Å². The Kier molecular flexibility index (Phi) is 8.47. The van der Waals surface area contributed by atoms with Crippen molar-refractivity contribution in [3.63, 3.8) is 0 Å². The molecule has 0 aliphatic heterocycles. The summed E-state index contributed by atoms with van der Waals surface area (Å²) in [5.41, 5.74) is 1.09. The Morgan fingerprint density at radius 3 is 2.50 bits per heavy atom. The van der Waals surface area contributed by atoms with Crippen LogP contribution in [0.4, 0.5) is 0 Å². The van der Waals surface area contributed by atoms with E-state index in [1.165, 1.54) is 0 Å². The minimum Gasteiger partial charge on any atom is -0.497 e. The van der Waals surface area contributed by atoms with Gasteiger partial charge in [-0.3, -0.25) is 4.79 Å². The van der Waals surface area contributed by atoms with Crippen LogP contribution in [0.15, 0.2) is 29.3 Å². The number of aliphatic imine (C=N–C) groups is 1. The number of benzene rings is 1. The van der Waals surface area contributed by atoms with Gasteiger partial charge in [0.15, 0.2) is 11.8 Å². The molecule has 0 bridgehead atoms. The smallest absolute Gasteiger partial charge is 0.308 e. The first-order valence-corrected chi connectivity index (χ1v) is 11.2. The van der Waals surface area contributed by atoms with E-state index < -0.39 is 0 Å². The van der Waals surface area contributed by atoms with Crippen LogP contribution in [0, 0.1) is 12.8 Å². The standard InChI is InChI=1S/C23H34N6O3/c1-5-32-22(30)18-8-10-19(11-9-18)26-23(25-15-21-28-27-16(2)29(21)3)24-14-17-6-12-20(31-4)13-7-17/h6-7,12-13,18-19H,5,8-11,14-15H2,1-4H3,(H2,24,25,26). The Hall–Kier alpha value is -3.10. The van der Waals surface area contributed by atoms with Crippen molar-refractivity contribution < 1.29 is 14.3 Å². The SMILES string of the molecule is CCOC(=O)C1CCC(NC(=NCc2ccc(OC)cc2)NCc2nnc(C)n2C)CC1. The Labute approximate surface area is 189 Å². The molecule has 1 aromatic heterocycles. The summed E-state index contributed by atoms with van der Waals surface area (Å²) < 4.78 is 12.4. The van der Waals surface area contributed by atoms with Gasteiger partial charge in [-0.2, -0.15) is 0 Å². The van der Waals surface area contributed by atoms with Crippen molar-refractivity contribution in [1.29, 1.82) is 0 Å². The van der Waals surface area contributed by atoms with Crippen LogP contribution < -0.4 is 15.4 Å². The van der Waals surface area contributed by atoms with Gasteiger partial charge >= 0.3 is 5.97 Å². The fraction of sp³-hybridized carbons (Fsp3) is 0.565. The zero-order valence-electron chi connectivity index (χ0n) is 19.4. The fourth-order valence-corrected chi connectivity index (χ4v) is 3.75. The van der Waals surface area contributed by atoms with Gasteiger partial charge in [-0.25, -0.2) is 4.99 Å². The lowest BCUT2D eigenvalue weighted by Gasteiger charge is -2.29. The fourth-order valence-electron chi connectivity index (χ4n) is 3.75. The van der Waals surface area contributed by atoms with Gasteiger partial charge in [0.25, 0.3) is 0 Å². The van der Waals surface area contributed by atoms with Crippen molar-refractivity contribution in [3.05, 3.63) is 41.5 Å². The number of aryl methyl sites for hydroxylation is 1. The largest absolute Gasteiger partial charge is 0.497 e. The van der Waals surface area contributed by atoms with Crippen molar-refractivity contribution in [2.45, 2.75) is 58.7 Å². The Bertz CT molecular complexity index is 901. The van der Waals surface area contributed by atoms with Crippen LogP contribution in [0.3, 0.4) is 0 Å². The number of nitrogens with one attached hydrogen (secondary N) is 2. The lowest BCUT2D eigenvalue weighted by Crippen LogP contribution is -2.45. The third-order valence-electron chi connectivity index (χ3n) is 5.86. The molecule has 0 unspecified atom stereocenters. The van der Waals surface area contributed by atoms with Crippen molar-refractivity contribution in [2.24, 2.45) is 18.0 Å².